The molecular weight excluding hydrogens is 736 g/mol. The number of rotatable bonds is 10. The number of hydrogen-bond donors (Lipinski definition) is 0. The summed E-state index contributed by atoms with van der Waals surface area (Å²) in [6.07, 6.45) is 5.53. The lowest BCUT2D eigenvalue weighted by Gasteiger charge is -2.15. The topological polar surface area (TPSA) is 113 Å². The third-order valence-corrected chi connectivity index (χ3v) is 11.2. The van der Waals surface area contributed by atoms with Gasteiger partial charge in [-0.15, -0.1) is 0 Å². The van der Waals surface area contributed by atoms with Crippen molar-refractivity contribution in [1.82, 2.24) is 0 Å². The highest BCUT2D eigenvalue weighted by Crippen LogP contribution is 2.35. The second kappa shape index (κ2) is 16.8. The van der Waals surface area contributed by atoms with E-state index < -0.39 is 44.1 Å². The van der Waals surface area contributed by atoms with Crippen LogP contribution in [0.3, 0.4) is 0 Å². The summed E-state index contributed by atoms with van der Waals surface area (Å²) in [5.41, 5.74) is 0. The number of ether oxygens (including phenoxy) is 6. The molecule has 52 heavy (non-hydrogen) atoms. The molecule has 9 nitrogen and oxygen atoms in total. The zero-order chi connectivity index (χ0) is 36.8. The van der Waals surface area contributed by atoms with E-state index in [0.29, 0.717) is 0 Å². The fraction of sp³-hybridized carbons (Fsp3) is 0.333. The Hall–Kier alpha value is -3.93. The van der Waals surface area contributed by atoms with Crippen molar-refractivity contribution < 1.29 is 63.3 Å². The third kappa shape index (κ3) is 9.16. The van der Waals surface area contributed by atoms with Gasteiger partial charge >= 0.3 is 0 Å². The van der Waals surface area contributed by atoms with Crippen LogP contribution < -0.4 is 14.2 Å². The van der Waals surface area contributed by atoms with E-state index in [9.17, 15) is 34.9 Å². The smallest absolute Gasteiger partial charge is 0.200 e. The summed E-state index contributed by atoms with van der Waals surface area (Å²) in [4.78, 5) is 1.25. The van der Waals surface area contributed by atoms with Crippen LogP contribution in [0.2, 0.25) is 0 Å². The third-order valence-electron chi connectivity index (χ3n) is 8.06. The molecule has 3 atom stereocenters. The summed E-state index contributed by atoms with van der Waals surface area (Å²) >= 11 is 0. The lowest BCUT2D eigenvalue weighted by atomic mass is 10.3. The van der Waals surface area contributed by atoms with Crippen LogP contribution in [0.1, 0.15) is 38.5 Å². The van der Waals surface area contributed by atoms with Crippen molar-refractivity contribution in [3.8, 4) is 17.2 Å². The van der Waals surface area contributed by atoms with E-state index >= 15 is 0 Å². The summed E-state index contributed by atoms with van der Waals surface area (Å²) in [6.45, 7) is 2.31. The van der Waals surface area contributed by atoms with Gasteiger partial charge < -0.3 is 33.0 Å². The molecule has 0 bridgehead atoms. The number of halogens is 5. The van der Waals surface area contributed by atoms with E-state index in [-0.39, 0.29) is 29.8 Å². The van der Waals surface area contributed by atoms with Crippen molar-refractivity contribution in [3.05, 3.63) is 102 Å². The predicted molar refractivity (Wildman–Crippen MR) is 174 cm³/mol. The predicted octanol–water partition coefficient (Wildman–Crippen LogP) is 7.61. The Kier molecular flexibility index (Phi) is 12.2. The van der Waals surface area contributed by atoms with E-state index in [4.69, 9.17) is 28.4 Å². The van der Waals surface area contributed by atoms with Crippen LogP contribution in [0.25, 0.3) is 0 Å². The second-order valence-electron chi connectivity index (χ2n) is 11.8. The minimum absolute atomic E-state index is 0.142. The number of hydrogen-bond acceptors (Lipinski definition) is 9. The average molecular weight is 769 g/mol. The van der Waals surface area contributed by atoms with E-state index in [1.807, 2.05) is 36.4 Å². The van der Waals surface area contributed by atoms with Crippen LogP contribution in [-0.2, 0) is 35.2 Å². The van der Waals surface area contributed by atoms with Crippen molar-refractivity contribution in [2.24, 2.45) is 0 Å². The molecule has 0 saturated carbocycles. The fourth-order valence-electron chi connectivity index (χ4n) is 5.55. The Morgan fingerprint density at radius 2 is 0.808 bits per heavy atom. The first-order valence-corrected chi connectivity index (χ1v) is 19.0. The molecule has 16 heteroatoms. The summed E-state index contributed by atoms with van der Waals surface area (Å²) in [7, 11) is -6.08. The molecule has 0 aromatic heterocycles. The quantitative estimate of drug-likeness (QED) is 0.0529. The minimum Gasteiger partial charge on any atom is -0.744 e. The molecule has 0 aliphatic carbocycles. The molecule has 0 N–H and O–H groups in total. The summed E-state index contributed by atoms with van der Waals surface area (Å²) in [5, 5.41) is 0. The maximum absolute atomic E-state index is 12.6. The van der Waals surface area contributed by atoms with Gasteiger partial charge in [-0.3, -0.25) is 0 Å². The molecule has 3 heterocycles. The Morgan fingerprint density at radius 1 is 0.519 bits per heavy atom. The number of benzene rings is 4. The van der Waals surface area contributed by atoms with Gasteiger partial charge in [-0.2, -0.15) is 0 Å². The zero-order valence-corrected chi connectivity index (χ0v) is 29.0. The van der Waals surface area contributed by atoms with Gasteiger partial charge in [-0.25, -0.2) is 30.4 Å². The lowest BCUT2D eigenvalue weighted by molar-refractivity contribution is -0.0393. The standard InChI is InChI=1S/C30H33O6S.C6HF5O3S/c1-4-28(31-19-1)34-22-7-13-25(14-8-22)37(26-15-9-23(10-16-26)35-29-5-2-20-32-29)27-17-11-24(12-18-27)36-30-6-3-21-33-30;7-1-2(8)4(10)6(15(12,13)14)5(11)3(1)9/h7-18,28-30H,1-6,19-21H2;(H,12,13,14)/q+1;/p-1. The molecule has 3 saturated heterocycles. The van der Waals surface area contributed by atoms with Gasteiger partial charge in [0.25, 0.3) is 0 Å². The van der Waals surface area contributed by atoms with Gasteiger partial charge in [0.2, 0.25) is 5.82 Å². The first-order chi connectivity index (χ1) is 25.0. The van der Waals surface area contributed by atoms with Crippen LogP contribution in [0.15, 0.2) is 92.4 Å². The molecule has 3 aliphatic rings. The Bertz CT molecular complexity index is 1740. The van der Waals surface area contributed by atoms with Gasteiger partial charge in [0, 0.05) is 19.3 Å². The molecule has 0 amide bonds. The monoisotopic (exact) mass is 768 g/mol. The van der Waals surface area contributed by atoms with Crippen molar-refractivity contribution >= 4 is 21.0 Å². The van der Waals surface area contributed by atoms with Crippen molar-refractivity contribution in [2.75, 3.05) is 19.8 Å². The molecule has 4 aromatic carbocycles. The van der Waals surface area contributed by atoms with Gasteiger partial charge in [0.15, 0.2) is 56.8 Å². The van der Waals surface area contributed by atoms with Crippen LogP contribution in [0.4, 0.5) is 22.0 Å². The Morgan fingerprint density at radius 3 is 1.06 bits per heavy atom. The van der Waals surface area contributed by atoms with Crippen molar-refractivity contribution in [3.63, 3.8) is 0 Å². The van der Waals surface area contributed by atoms with Crippen molar-refractivity contribution in [2.45, 2.75) is 77.0 Å². The van der Waals surface area contributed by atoms with Gasteiger partial charge in [-0.05, 0) is 92.1 Å². The highest BCUT2D eigenvalue weighted by Gasteiger charge is 2.31. The maximum atomic E-state index is 12.6. The van der Waals surface area contributed by atoms with E-state index in [1.54, 1.807) is 0 Å². The first kappa shape index (κ1) is 37.8. The molecule has 278 valence electrons. The van der Waals surface area contributed by atoms with E-state index in [1.165, 1.54) is 14.7 Å². The molecule has 4 aromatic rings. The molecule has 3 unspecified atom stereocenters. The molecular formula is C36H33F5O9S2. The van der Waals surface area contributed by atoms with E-state index in [0.717, 1.165) is 75.6 Å². The Labute approximate surface area is 299 Å². The minimum atomic E-state index is -5.77. The van der Waals surface area contributed by atoms with Gasteiger partial charge in [0.05, 0.1) is 30.7 Å². The molecule has 0 radical (unpaired) electrons. The largest absolute Gasteiger partial charge is 0.744 e. The lowest BCUT2D eigenvalue weighted by Crippen LogP contribution is -2.14. The molecule has 0 spiro atoms. The van der Waals surface area contributed by atoms with Crippen molar-refractivity contribution in [1.29, 1.82) is 0 Å². The van der Waals surface area contributed by atoms with E-state index in [2.05, 4.69) is 36.4 Å². The summed E-state index contributed by atoms with van der Waals surface area (Å²) in [6, 6.07) is 25.2. The van der Waals surface area contributed by atoms with Gasteiger partial charge in [-0.1, -0.05) is 0 Å². The molecule has 7 rings (SSSR count). The Balaban J connectivity index is 0.000000261. The SMILES string of the molecule is O=S(=O)([O-])c1c(F)c(F)c(F)c(F)c1F.c1cc([S+](c2ccc(OC3CCCO3)cc2)c2ccc(OC3CCCO3)cc2)ccc1OC1CCCO1. The van der Waals surface area contributed by atoms with Gasteiger partial charge in [0.1, 0.15) is 32.3 Å². The van der Waals surface area contributed by atoms with Crippen LogP contribution in [0, 0.1) is 29.1 Å². The molecule has 3 aliphatic heterocycles. The summed E-state index contributed by atoms with van der Waals surface area (Å²) in [5.74, 6) is -10.3. The maximum Gasteiger partial charge on any atom is 0.200 e. The first-order valence-electron chi connectivity index (χ1n) is 16.3. The fourth-order valence-corrected chi connectivity index (χ4v) is 8.21. The summed E-state index contributed by atoms with van der Waals surface area (Å²) < 4.78 is 128. The molecule has 3 fully saturated rings. The zero-order valence-electron chi connectivity index (χ0n) is 27.4. The second-order valence-corrected chi connectivity index (χ2v) is 15.1. The highest BCUT2D eigenvalue weighted by atomic mass is 32.2. The van der Waals surface area contributed by atoms with Crippen LogP contribution in [-0.4, -0.2) is 51.7 Å². The van der Waals surface area contributed by atoms with Crippen LogP contribution in [0.5, 0.6) is 17.2 Å². The average Bonchev–Trinajstić information content (AvgIpc) is 3.95. The van der Waals surface area contributed by atoms with Crippen LogP contribution >= 0.6 is 0 Å². The normalized spacial score (nSPS) is 20.6. The highest BCUT2D eigenvalue weighted by molar-refractivity contribution is 7.97.